The Labute approximate surface area is 103 Å². The summed E-state index contributed by atoms with van der Waals surface area (Å²) in [5.41, 5.74) is 1.08. The predicted octanol–water partition coefficient (Wildman–Crippen LogP) is 1.18. The normalized spacial score (nSPS) is 10.9. The fraction of sp³-hybridized carbons (Fsp3) is 0.154. The van der Waals surface area contributed by atoms with Gasteiger partial charge in [-0.05, 0) is 17.0 Å². The Morgan fingerprint density at radius 2 is 2.00 bits per heavy atom. The van der Waals surface area contributed by atoms with Gasteiger partial charge in [0.1, 0.15) is 0 Å². The number of aryl methyl sites for hydroxylation is 1. The molecule has 3 aromatic rings. The Balaban J connectivity index is 2.23. The zero-order valence-corrected chi connectivity index (χ0v) is 9.95. The highest BCUT2D eigenvalue weighted by Gasteiger charge is 2.07. The summed E-state index contributed by atoms with van der Waals surface area (Å²) in [5, 5.41) is 9.44. The van der Waals surface area contributed by atoms with E-state index in [0.717, 1.165) is 16.3 Å². The molecule has 0 bridgehead atoms. The molecule has 0 N–H and O–H groups in total. The van der Waals surface area contributed by atoms with Crippen LogP contribution in [0.25, 0.3) is 10.8 Å². The van der Waals surface area contributed by atoms with E-state index in [0.29, 0.717) is 6.54 Å². The Morgan fingerprint density at radius 1 is 1.22 bits per heavy atom. The monoisotopic (exact) mass is 240 g/mol. The largest absolute Gasteiger partial charge is 0.318 e. The maximum atomic E-state index is 12.0. The van der Waals surface area contributed by atoms with Crippen molar-refractivity contribution in [3.63, 3.8) is 0 Å². The van der Waals surface area contributed by atoms with Gasteiger partial charge in [0, 0.05) is 24.8 Å². The number of pyridine rings is 1. The van der Waals surface area contributed by atoms with Crippen LogP contribution in [0.2, 0.25) is 0 Å². The summed E-state index contributed by atoms with van der Waals surface area (Å²) in [6.45, 7) is 0.606. The van der Waals surface area contributed by atoms with Gasteiger partial charge in [0.15, 0.2) is 0 Å². The molecule has 0 saturated carbocycles. The van der Waals surface area contributed by atoms with Crippen molar-refractivity contribution in [1.82, 2.24) is 19.6 Å². The molecular weight excluding hydrogens is 228 g/mol. The summed E-state index contributed by atoms with van der Waals surface area (Å²) in [6, 6.07) is 7.63. The highest BCUT2D eigenvalue weighted by Crippen LogP contribution is 2.15. The maximum Gasteiger partial charge on any atom is 0.258 e. The molecule has 0 radical (unpaired) electrons. The SMILES string of the molecule is Cn1cc(Cn2ccnn2)c2ccccc2c1=O. The predicted molar refractivity (Wildman–Crippen MR) is 68.3 cm³/mol. The molecule has 0 saturated heterocycles. The first kappa shape index (κ1) is 10.7. The van der Waals surface area contributed by atoms with E-state index in [1.807, 2.05) is 30.5 Å². The van der Waals surface area contributed by atoms with Gasteiger partial charge in [0.25, 0.3) is 5.56 Å². The van der Waals surface area contributed by atoms with Crippen molar-refractivity contribution < 1.29 is 0 Å². The molecule has 0 atom stereocenters. The van der Waals surface area contributed by atoms with Crippen molar-refractivity contribution in [2.45, 2.75) is 6.54 Å². The van der Waals surface area contributed by atoms with Gasteiger partial charge in [-0.15, -0.1) is 5.10 Å². The summed E-state index contributed by atoms with van der Waals surface area (Å²) in [6.07, 6.45) is 5.30. The lowest BCUT2D eigenvalue weighted by atomic mass is 10.1. The number of benzene rings is 1. The van der Waals surface area contributed by atoms with Crippen LogP contribution >= 0.6 is 0 Å². The molecule has 0 aliphatic carbocycles. The van der Waals surface area contributed by atoms with Crippen molar-refractivity contribution in [3.8, 4) is 0 Å². The zero-order chi connectivity index (χ0) is 12.5. The van der Waals surface area contributed by atoms with E-state index in [9.17, 15) is 4.79 Å². The van der Waals surface area contributed by atoms with Crippen LogP contribution in [0, 0.1) is 0 Å². The van der Waals surface area contributed by atoms with Crippen LogP contribution in [0.15, 0.2) is 47.7 Å². The van der Waals surface area contributed by atoms with Crippen molar-refractivity contribution in [1.29, 1.82) is 0 Å². The van der Waals surface area contributed by atoms with E-state index >= 15 is 0 Å². The summed E-state index contributed by atoms with van der Waals surface area (Å²) in [5.74, 6) is 0. The first-order chi connectivity index (χ1) is 8.75. The van der Waals surface area contributed by atoms with Crippen LogP contribution in [0.1, 0.15) is 5.56 Å². The number of hydrogen-bond acceptors (Lipinski definition) is 3. The van der Waals surface area contributed by atoms with Gasteiger partial charge in [-0.3, -0.25) is 4.79 Å². The fourth-order valence-corrected chi connectivity index (χ4v) is 2.12. The molecule has 0 fully saturated rings. The van der Waals surface area contributed by atoms with E-state index in [4.69, 9.17) is 0 Å². The first-order valence-electron chi connectivity index (χ1n) is 5.67. The van der Waals surface area contributed by atoms with Crippen molar-refractivity contribution in [2.24, 2.45) is 7.05 Å². The summed E-state index contributed by atoms with van der Waals surface area (Å²) >= 11 is 0. The van der Waals surface area contributed by atoms with E-state index < -0.39 is 0 Å². The van der Waals surface area contributed by atoms with Gasteiger partial charge in [-0.2, -0.15) is 0 Å². The highest BCUT2D eigenvalue weighted by atomic mass is 16.1. The number of nitrogens with zero attached hydrogens (tertiary/aromatic N) is 4. The molecule has 90 valence electrons. The second-order valence-corrected chi connectivity index (χ2v) is 4.22. The zero-order valence-electron chi connectivity index (χ0n) is 9.95. The quantitative estimate of drug-likeness (QED) is 0.676. The van der Waals surface area contributed by atoms with Crippen LogP contribution in [0.3, 0.4) is 0 Å². The molecule has 0 unspecified atom stereocenters. The third-order valence-corrected chi connectivity index (χ3v) is 2.98. The van der Waals surface area contributed by atoms with Gasteiger partial charge in [0.05, 0.1) is 12.7 Å². The molecule has 5 heteroatoms. The molecule has 3 rings (SSSR count). The molecule has 1 aromatic carbocycles. The molecule has 0 spiro atoms. The number of aromatic nitrogens is 4. The second kappa shape index (κ2) is 4.10. The topological polar surface area (TPSA) is 52.7 Å². The summed E-state index contributed by atoms with van der Waals surface area (Å²) < 4.78 is 3.35. The Bertz CT molecular complexity index is 743. The number of rotatable bonds is 2. The minimum Gasteiger partial charge on any atom is -0.318 e. The standard InChI is InChI=1S/C13H12N4O/c1-16-8-10(9-17-7-6-14-15-17)11-4-2-3-5-12(11)13(16)18/h2-8H,9H2,1H3. The van der Waals surface area contributed by atoms with Crippen LogP contribution in [0.4, 0.5) is 0 Å². The van der Waals surface area contributed by atoms with Gasteiger partial charge >= 0.3 is 0 Å². The lowest BCUT2D eigenvalue weighted by Crippen LogP contribution is -2.18. The summed E-state index contributed by atoms with van der Waals surface area (Å²) in [4.78, 5) is 12.0. The van der Waals surface area contributed by atoms with Crippen molar-refractivity contribution >= 4 is 10.8 Å². The Morgan fingerprint density at radius 3 is 2.72 bits per heavy atom. The minimum absolute atomic E-state index is 0.0212. The average Bonchev–Trinajstić information content (AvgIpc) is 2.89. The first-order valence-corrected chi connectivity index (χ1v) is 5.67. The third-order valence-electron chi connectivity index (χ3n) is 2.98. The highest BCUT2D eigenvalue weighted by molar-refractivity contribution is 5.84. The average molecular weight is 240 g/mol. The molecule has 5 nitrogen and oxygen atoms in total. The van der Waals surface area contributed by atoms with Crippen LogP contribution < -0.4 is 5.56 Å². The van der Waals surface area contributed by atoms with Gasteiger partial charge in [-0.25, -0.2) is 4.68 Å². The smallest absolute Gasteiger partial charge is 0.258 e. The Kier molecular flexibility index (Phi) is 2.44. The molecule has 2 heterocycles. The van der Waals surface area contributed by atoms with Crippen LogP contribution in [-0.4, -0.2) is 19.6 Å². The Hall–Kier alpha value is -2.43. The summed E-state index contributed by atoms with van der Waals surface area (Å²) in [7, 11) is 1.76. The van der Waals surface area contributed by atoms with Gasteiger partial charge in [-0.1, -0.05) is 23.4 Å². The lowest BCUT2D eigenvalue weighted by molar-refractivity contribution is 0.647. The van der Waals surface area contributed by atoms with Gasteiger partial charge < -0.3 is 4.57 Å². The van der Waals surface area contributed by atoms with Crippen molar-refractivity contribution in [3.05, 3.63) is 58.8 Å². The van der Waals surface area contributed by atoms with E-state index in [1.54, 1.807) is 28.7 Å². The van der Waals surface area contributed by atoms with E-state index in [1.165, 1.54) is 0 Å². The lowest BCUT2D eigenvalue weighted by Gasteiger charge is -2.08. The van der Waals surface area contributed by atoms with Gasteiger partial charge in [0.2, 0.25) is 0 Å². The molecular formula is C13H12N4O. The third kappa shape index (κ3) is 1.69. The number of fused-ring (bicyclic) bond motifs is 1. The molecule has 18 heavy (non-hydrogen) atoms. The molecule has 0 aliphatic rings. The minimum atomic E-state index is 0.0212. The van der Waals surface area contributed by atoms with Crippen LogP contribution in [0.5, 0.6) is 0 Å². The molecule has 0 aliphatic heterocycles. The van der Waals surface area contributed by atoms with Crippen LogP contribution in [-0.2, 0) is 13.6 Å². The molecule has 2 aromatic heterocycles. The second-order valence-electron chi connectivity index (χ2n) is 4.22. The van der Waals surface area contributed by atoms with E-state index in [-0.39, 0.29) is 5.56 Å². The number of hydrogen-bond donors (Lipinski definition) is 0. The maximum absolute atomic E-state index is 12.0. The molecule has 0 amide bonds. The fourth-order valence-electron chi connectivity index (χ4n) is 2.12. The van der Waals surface area contributed by atoms with Crippen molar-refractivity contribution in [2.75, 3.05) is 0 Å². The van der Waals surface area contributed by atoms with E-state index in [2.05, 4.69) is 10.3 Å².